The number of hydrogen-bond acceptors (Lipinski definition) is 3. The van der Waals surface area contributed by atoms with Crippen molar-refractivity contribution in [3.05, 3.63) is 53.4 Å². The molecule has 0 aliphatic carbocycles. The van der Waals surface area contributed by atoms with Gasteiger partial charge in [-0.1, -0.05) is 18.2 Å². The van der Waals surface area contributed by atoms with E-state index in [0.29, 0.717) is 6.61 Å². The third-order valence-corrected chi connectivity index (χ3v) is 4.70. The Morgan fingerprint density at radius 1 is 1.38 bits per heavy atom. The molecule has 5 nitrogen and oxygen atoms in total. The molecule has 4 rings (SSSR count). The molecule has 0 N–H and O–H groups in total. The highest BCUT2D eigenvalue weighted by Gasteiger charge is 2.32. The first-order valence-electron chi connectivity index (χ1n) is 8.43. The van der Waals surface area contributed by atoms with Crippen LogP contribution in [-0.4, -0.2) is 39.8 Å². The third-order valence-electron chi connectivity index (χ3n) is 4.70. The minimum Gasteiger partial charge on any atom is -0.488 e. The molecule has 5 heteroatoms. The van der Waals surface area contributed by atoms with E-state index in [1.54, 1.807) is 0 Å². The van der Waals surface area contributed by atoms with Crippen LogP contribution in [0.4, 0.5) is 0 Å². The lowest BCUT2D eigenvalue weighted by Crippen LogP contribution is -2.40. The Hall–Kier alpha value is -2.56. The molecule has 2 aliphatic rings. The van der Waals surface area contributed by atoms with Gasteiger partial charge in [0.15, 0.2) is 0 Å². The summed E-state index contributed by atoms with van der Waals surface area (Å²) >= 11 is 0. The first kappa shape index (κ1) is 15.0. The van der Waals surface area contributed by atoms with Gasteiger partial charge in [0.1, 0.15) is 12.4 Å². The van der Waals surface area contributed by atoms with Crippen LogP contribution in [0.3, 0.4) is 0 Å². The molecule has 3 heterocycles. The Bertz CT molecular complexity index is 793. The third kappa shape index (κ3) is 2.82. The molecule has 1 aromatic carbocycles. The second-order valence-corrected chi connectivity index (χ2v) is 6.53. The topological polar surface area (TPSA) is 47.4 Å². The number of carbonyl (C=O) groups excluding carboxylic acids is 1. The van der Waals surface area contributed by atoms with Crippen molar-refractivity contribution in [3.8, 4) is 5.75 Å². The first-order chi connectivity index (χ1) is 11.7. The van der Waals surface area contributed by atoms with Crippen LogP contribution in [0.1, 0.15) is 24.0 Å². The highest BCUT2D eigenvalue weighted by molar-refractivity contribution is 5.99. The predicted octanol–water partition coefficient (Wildman–Crippen LogP) is 2.66. The zero-order valence-corrected chi connectivity index (χ0v) is 13.8. The van der Waals surface area contributed by atoms with Crippen molar-refractivity contribution in [1.29, 1.82) is 0 Å². The van der Waals surface area contributed by atoms with Gasteiger partial charge in [-0.15, -0.1) is 0 Å². The molecule has 2 aromatic rings. The molecule has 0 bridgehead atoms. The van der Waals surface area contributed by atoms with Crippen LogP contribution in [0.15, 0.2) is 42.2 Å². The summed E-state index contributed by atoms with van der Waals surface area (Å²) in [5.74, 6) is 0.940. The first-order valence-corrected chi connectivity index (χ1v) is 8.43. The van der Waals surface area contributed by atoms with Crippen LogP contribution in [0.5, 0.6) is 5.75 Å². The summed E-state index contributed by atoms with van der Waals surface area (Å²) in [5.41, 5.74) is 2.86. The van der Waals surface area contributed by atoms with E-state index in [1.165, 1.54) is 0 Å². The number of hydrogen-bond donors (Lipinski definition) is 0. The van der Waals surface area contributed by atoms with E-state index < -0.39 is 0 Å². The summed E-state index contributed by atoms with van der Waals surface area (Å²) in [6.07, 6.45) is 7.92. The van der Waals surface area contributed by atoms with E-state index in [-0.39, 0.29) is 11.9 Å². The summed E-state index contributed by atoms with van der Waals surface area (Å²) in [7, 11) is 0. The SMILES string of the molecule is Cc1cnn(C[C@H]2CCCN2C(=O)C2=Cc3ccccc3OC2)c1. The number of aromatic nitrogens is 2. The van der Waals surface area contributed by atoms with Crippen LogP contribution in [-0.2, 0) is 11.3 Å². The average molecular weight is 323 g/mol. The molecular formula is C19H21N3O2. The van der Waals surface area contributed by atoms with Crippen LogP contribution in [0.25, 0.3) is 6.08 Å². The number of ether oxygens (including phenoxy) is 1. The second kappa shape index (κ2) is 6.15. The summed E-state index contributed by atoms with van der Waals surface area (Å²) in [6.45, 7) is 3.94. The van der Waals surface area contributed by atoms with Gasteiger partial charge in [0, 0.05) is 18.3 Å². The van der Waals surface area contributed by atoms with Crippen LogP contribution < -0.4 is 4.74 Å². The molecule has 1 fully saturated rings. The summed E-state index contributed by atoms with van der Waals surface area (Å²) in [6, 6.07) is 8.03. The number of benzene rings is 1. The molecule has 1 aromatic heterocycles. The van der Waals surface area contributed by atoms with Crippen LogP contribution >= 0.6 is 0 Å². The summed E-state index contributed by atoms with van der Waals surface area (Å²) < 4.78 is 7.68. The number of fused-ring (bicyclic) bond motifs is 1. The molecule has 0 unspecified atom stereocenters. The van der Waals surface area contributed by atoms with Crippen molar-refractivity contribution in [2.45, 2.75) is 32.4 Å². The summed E-state index contributed by atoms with van der Waals surface area (Å²) in [5, 5.41) is 4.35. The van der Waals surface area contributed by atoms with Gasteiger partial charge >= 0.3 is 0 Å². The van der Waals surface area contributed by atoms with Gasteiger partial charge in [-0.3, -0.25) is 9.48 Å². The molecular weight excluding hydrogens is 302 g/mol. The maximum Gasteiger partial charge on any atom is 0.253 e. The van der Waals surface area contributed by atoms with Gasteiger partial charge in [0.05, 0.1) is 24.4 Å². The normalized spacial score (nSPS) is 19.6. The van der Waals surface area contributed by atoms with Gasteiger partial charge in [-0.2, -0.15) is 5.10 Å². The number of likely N-dealkylation sites (tertiary alicyclic amines) is 1. The van der Waals surface area contributed by atoms with Crippen molar-refractivity contribution < 1.29 is 9.53 Å². The molecule has 124 valence electrons. The second-order valence-electron chi connectivity index (χ2n) is 6.53. The minimum atomic E-state index is 0.0934. The quantitative estimate of drug-likeness (QED) is 0.872. The number of aryl methyl sites for hydroxylation is 1. The largest absolute Gasteiger partial charge is 0.488 e. The van der Waals surface area contributed by atoms with E-state index in [9.17, 15) is 4.79 Å². The average Bonchev–Trinajstić information content (AvgIpc) is 3.23. The smallest absolute Gasteiger partial charge is 0.253 e. The lowest BCUT2D eigenvalue weighted by molar-refractivity contribution is -0.128. The lowest BCUT2D eigenvalue weighted by Gasteiger charge is -2.27. The van der Waals surface area contributed by atoms with Gasteiger partial charge in [-0.05, 0) is 37.5 Å². The van der Waals surface area contributed by atoms with Crippen molar-refractivity contribution in [2.75, 3.05) is 13.2 Å². The van der Waals surface area contributed by atoms with E-state index in [2.05, 4.69) is 5.10 Å². The van der Waals surface area contributed by atoms with Gasteiger partial charge in [0.25, 0.3) is 5.91 Å². The van der Waals surface area contributed by atoms with Crippen molar-refractivity contribution in [1.82, 2.24) is 14.7 Å². The fourth-order valence-corrected chi connectivity index (χ4v) is 3.50. The Morgan fingerprint density at radius 3 is 3.08 bits per heavy atom. The lowest BCUT2D eigenvalue weighted by atomic mass is 10.1. The van der Waals surface area contributed by atoms with Crippen molar-refractivity contribution >= 4 is 12.0 Å². The minimum absolute atomic E-state index is 0.0934. The van der Waals surface area contributed by atoms with E-state index in [4.69, 9.17) is 4.74 Å². The fraction of sp³-hybridized carbons (Fsp3) is 0.368. The van der Waals surface area contributed by atoms with Crippen molar-refractivity contribution in [2.24, 2.45) is 0 Å². The standard InChI is InChI=1S/C19H21N3O2/c1-14-10-20-21(11-14)12-17-6-4-8-22(17)19(23)16-9-15-5-2-3-7-18(15)24-13-16/h2-3,5,7,9-11,17H,4,6,8,12-13H2,1H3/t17-/m1/s1. The molecule has 1 atom stereocenters. The molecule has 0 radical (unpaired) electrons. The Morgan fingerprint density at radius 2 is 2.25 bits per heavy atom. The van der Waals surface area contributed by atoms with Crippen LogP contribution in [0.2, 0.25) is 0 Å². The maximum atomic E-state index is 13.0. The molecule has 0 saturated carbocycles. The predicted molar refractivity (Wildman–Crippen MR) is 91.6 cm³/mol. The highest BCUT2D eigenvalue weighted by Crippen LogP contribution is 2.28. The fourth-order valence-electron chi connectivity index (χ4n) is 3.50. The Kier molecular flexibility index (Phi) is 3.84. The van der Waals surface area contributed by atoms with E-state index in [0.717, 1.165) is 48.4 Å². The molecule has 0 spiro atoms. The van der Waals surface area contributed by atoms with Gasteiger partial charge < -0.3 is 9.64 Å². The molecule has 1 saturated heterocycles. The Balaban J connectivity index is 1.52. The number of nitrogens with zero attached hydrogens (tertiary/aromatic N) is 3. The zero-order valence-electron chi connectivity index (χ0n) is 13.8. The maximum absolute atomic E-state index is 13.0. The number of carbonyl (C=O) groups is 1. The van der Waals surface area contributed by atoms with E-state index >= 15 is 0 Å². The van der Waals surface area contributed by atoms with Crippen molar-refractivity contribution in [3.63, 3.8) is 0 Å². The summed E-state index contributed by atoms with van der Waals surface area (Å²) in [4.78, 5) is 15.0. The number of amides is 1. The zero-order chi connectivity index (χ0) is 16.5. The van der Waals surface area contributed by atoms with Gasteiger partial charge in [0.2, 0.25) is 0 Å². The number of rotatable bonds is 3. The number of para-hydroxylation sites is 1. The molecule has 2 aliphatic heterocycles. The molecule has 1 amide bonds. The van der Waals surface area contributed by atoms with E-state index in [1.807, 2.05) is 59.2 Å². The van der Waals surface area contributed by atoms with Gasteiger partial charge in [-0.25, -0.2) is 0 Å². The monoisotopic (exact) mass is 323 g/mol. The Labute approximate surface area is 141 Å². The highest BCUT2D eigenvalue weighted by atomic mass is 16.5. The van der Waals surface area contributed by atoms with Crippen LogP contribution in [0, 0.1) is 6.92 Å². The molecule has 24 heavy (non-hydrogen) atoms.